The van der Waals surface area contributed by atoms with Gasteiger partial charge < -0.3 is 14.2 Å². The van der Waals surface area contributed by atoms with Crippen LogP contribution in [0.4, 0.5) is 11.4 Å². The Morgan fingerprint density at radius 3 is 2.19 bits per heavy atom. The minimum Gasteiger partial charge on any atom is -0.497 e. The largest absolute Gasteiger partial charge is 0.497 e. The van der Waals surface area contributed by atoms with Gasteiger partial charge in [-0.25, -0.2) is 14.8 Å². The molecule has 2 fully saturated rings. The third kappa shape index (κ3) is 3.74. The molecule has 0 unspecified atom stereocenters. The Hall–Kier alpha value is -4.37. The van der Waals surface area contributed by atoms with Gasteiger partial charge in [0.15, 0.2) is 6.10 Å². The lowest BCUT2D eigenvalue weighted by Crippen LogP contribution is -2.37. The fourth-order valence-corrected chi connectivity index (χ4v) is 4.71. The number of nitrogens with zero attached hydrogens (tertiary/aromatic N) is 2. The Morgan fingerprint density at radius 2 is 1.56 bits per heavy atom. The van der Waals surface area contributed by atoms with Gasteiger partial charge in [-0.2, -0.15) is 0 Å². The molecule has 2 saturated heterocycles. The van der Waals surface area contributed by atoms with Crippen molar-refractivity contribution in [3.8, 4) is 11.5 Å². The summed E-state index contributed by atoms with van der Waals surface area (Å²) >= 11 is 0. The number of anilines is 2. The van der Waals surface area contributed by atoms with Gasteiger partial charge in [0.1, 0.15) is 17.4 Å². The number of ether oxygens (including phenoxy) is 3. The first-order valence-corrected chi connectivity index (χ1v) is 11.3. The number of hydroxylamine groups is 1. The summed E-state index contributed by atoms with van der Waals surface area (Å²) in [7, 11) is 4.38. The molecule has 0 spiro atoms. The predicted octanol–water partition coefficient (Wildman–Crippen LogP) is 3.54. The molecule has 2 heterocycles. The van der Waals surface area contributed by atoms with Crippen LogP contribution >= 0.6 is 0 Å². The highest BCUT2D eigenvalue weighted by Crippen LogP contribution is 2.49. The number of amides is 2. The molecule has 0 aromatic heterocycles. The molecule has 0 saturated carbocycles. The van der Waals surface area contributed by atoms with E-state index in [-0.39, 0.29) is 0 Å². The van der Waals surface area contributed by atoms with E-state index in [1.54, 1.807) is 36.4 Å². The zero-order valence-corrected chi connectivity index (χ0v) is 19.9. The van der Waals surface area contributed by atoms with Crippen LogP contribution in [0, 0.1) is 5.92 Å². The standard InChI is InChI=1S/C27H24N2O7/c1-33-19-13-14-20(21(15-19)34-2)23-22-24(36-29(23)18-7-5-4-6-8-18)26(31)28(25(22)30)17-11-9-16(10-12-17)27(32)35-3/h4-15,22-24H,1-3H3/t22-,23+,24-/m0/s1. The molecule has 9 heteroatoms. The highest BCUT2D eigenvalue weighted by atomic mass is 16.7. The Balaban J connectivity index is 1.57. The van der Waals surface area contributed by atoms with Crippen LogP contribution in [0.15, 0.2) is 72.8 Å². The van der Waals surface area contributed by atoms with E-state index in [2.05, 4.69) is 0 Å². The maximum Gasteiger partial charge on any atom is 0.337 e. The van der Waals surface area contributed by atoms with Crippen molar-refractivity contribution in [3.63, 3.8) is 0 Å². The van der Waals surface area contributed by atoms with E-state index in [0.717, 1.165) is 4.90 Å². The summed E-state index contributed by atoms with van der Waals surface area (Å²) in [6.45, 7) is 0. The van der Waals surface area contributed by atoms with Gasteiger partial charge in [-0.05, 0) is 48.5 Å². The second-order valence-electron chi connectivity index (χ2n) is 8.32. The zero-order valence-electron chi connectivity index (χ0n) is 19.9. The SMILES string of the molecule is COC(=O)c1ccc(N2C(=O)[C@@H]3[C@H](ON(c4ccccc4)[C@@H]3c3ccc(OC)cc3OC)C2=O)cc1. The lowest BCUT2D eigenvalue weighted by atomic mass is 9.90. The molecule has 0 N–H and O–H groups in total. The average Bonchev–Trinajstić information content (AvgIpc) is 3.43. The number of methoxy groups -OCH3 is 3. The van der Waals surface area contributed by atoms with Crippen molar-refractivity contribution in [1.29, 1.82) is 0 Å². The monoisotopic (exact) mass is 488 g/mol. The number of carbonyl (C=O) groups is 3. The van der Waals surface area contributed by atoms with Crippen molar-refractivity contribution in [2.75, 3.05) is 31.3 Å². The van der Waals surface area contributed by atoms with Crippen molar-refractivity contribution in [2.24, 2.45) is 5.92 Å². The van der Waals surface area contributed by atoms with E-state index in [9.17, 15) is 14.4 Å². The fraction of sp³-hybridized carbons (Fsp3) is 0.222. The van der Waals surface area contributed by atoms with Crippen LogP contribution in [0.25, 0.3) is 0 Å². The highest BCUT2D eigenvalue weighted by Gasteiger charge is 2.60. The molecule has 3 aromatic carbocycles. The number of hydrogen-bond acceptors (Lipinski definition) is 8. The molecule has 36 heavy (non-hydrogen) atoms. The number of fused-ring (bicyclic) bond motifs is 1. The molecule has 2 amide bonds. The van der Waals surface area contributed by atoms with Gasteiger partial charge >= 0.3 is 5.97 Å². The smallest absolute Gasteiger partial charge is 0.337 e. The van der Waals surface area contributed by atoms with Crippen molar-refractivity contribution in [1.82, 2.24) is 0 Å². The number of imide groups is 1. The predicted molar refractivity (Wildman–Crippen MR) is 130 cm³/mol. The molecule has 184 valence electrons. The fourth-order valence-electron chi connectivity index (χ4n) is 4.71. The minimum absolute atomic E-state index is 0.313. The van der Waals surface area contributed by atoms with E-state index < -0.39 is 35.8 Å². The summed E-state index contributed by atoms with van der Waals surface area (Å²) in [6, 6.07) is 20.1. The van der Waals surface area contributed by atoms with Crippen LogP contribution in [0.2, 0.25) is 0 Å². The topological polar surface area (TPSA) is 94.6 Å². The molecule has 5 rings (SSSR count). The third-order valence-corrected chi connectivity index (χ3v) is 6.43. The lowest BCUT2D eigenvalue weighted by molar-refractivity contribution is -0.126. The van der Waals surface area contributed by atoms with E-state index in [1.807, 2.05) is 36.4 Å². The summed E-state index contributed by atoms with van der Waals surface area (Å²) in [5.74, 6) is -1.13. The van der Waals surface area contributed by atoms with Gasteiger partial charge in [-0.1, -0.05) is 18.2 Å². The normalized spacial score (nSPS) is 20.9. The summed E-state index contributed by atoms with van der Waals surface area (Å²) in [5, 5.41) is 1.60. The number of hydrogen-bond donors (Lipinski definition) is 0. The zero-order chi connectivity index (χ0) is 25.4. The van der Waals surface area contributed by atoms with Gasteiger partial charge in [0.2, 0.25) is 5.91 Å². The quantitative estimate of drug-likeness (QED) is 0.384. The van der Waals surface area contributed by atoms with Crippen LogP contribution in [0.3, 0.4) is 0 Å². The van der Waals surface area contributed by atoms with Crippen LogP contribution in [0.1, 0.15) is 22.0 Å². The average molecular weight is 488 g/mol. The Labute approximate surface area is 207 Å². The van der Waals surface area contributed by atoms with Crippen LogP contribution < -0.4 is 19.4 Å². The van der Waals surface area contributed by atoms with Crippen molar-refractivity contribution in [2.45, 2.75) is 12.1 Å². The van der Waals surface area contributed by atoms with Crippen molar-refractivity contribution < 1.29 is 33.4 Å². The maximum atomic E-state index is 13.8. The van der Waals surface area contributed by atoms with Crippen molar-refractivity contribution >= 4 is 29.2 Å². The second kappa shape index (κ2) is 9.35. The molecule has 2 aliphatic rings. The van der Waals surface area contributed by atoms with Crippen LogP contribution in [-0.4, -0.2) is 45.2 Å². The molecule has 3 atom stereocenters. The summed E-state index contributed by atoms with van der Waals surface area (Å²) in [6.07, 6.45) is -1.03. The van der Waals surface area contributed by atoms with E-state index in [0.29, 0.717) is 34.0 Å². The Bertz CT molecular complexity index is 1310. The van der Waals surface area contributed by atoms with Gasteiger partial charge in [0.05, 0.1) is 44.3 Å². The first-order valence-electron chi connectivity index (χ1n) is 11.3. The number of carbonyl (C=O) groups excluding carboxylic acids is 3. The van der Waals surface area contributed by atoms with Gasteiger partial charge in [0, 0.05) is 11.6 Å². The lowest BCUT2D eigenvalue weighted by Gasteiger charge is -2.29. The number of esters is 1. The highest BCUT2D eigenvalue weighted by molar-refractivity contribution is 6.24. The van der Waals surface area contributed by atoms with Gasteiger partial charge in [-0.15, -0.1) is 0 Å². The first kappa shape index (κ1) is 23.4. The van der Waals surface area contributed by atoms with E-state index >= 15 is 0 Å². The Morgan fingerprint density at radius 1 is 0.833 bits per heavy atom. The first-order chi connectivity index (χ1) is 17.5. The molecule has 3 aromatic rings. The third-order valence-electron chi connectivity index (χ3n) is 6.43. The summed E-state index contributed by atoms with van der Waals surface area (Å²) in [4.78, 5) is 46.4. The van der Waals surface area contributed by atoms with Gasteiger partial charge in [-0.3, -0.25) is 14.4 Å². The number of benzene rings is 3. The van der Waals surface area contributed by atoms with E-state index in [4.69, 9.17) is 19.0 Å². The molecular weight excluding hydrogens is 464 g/mol. The minimum atomic E-state index is -1.03. The molecule has 0 radical (unpaired) electrons. The van der Waals surface area contributed by atoms with Crippen molar-refractivity contribution in [3.05, 3.63) is 83.9 Å². The maximum absolute atomic E-state index is 13.8. The number of para-hydroxylation sites is 1. The molecule has 9 nitrogen and oxygen atoms in total. The number of rotatable bonds is 6. The van der Waals surface area contributed by atoms with Crippen LogP contribution in [0.5, 0.6) is 11.5 Å². The van der Waals surface area contributed by atoms with Gasteiger partial charge in [0.25, 0.3) is 5.91 Å². The van der Waals surface area contributed by atoms with Crippen LogP contribution in [-0.2, 0) is 19.2 Å². The second-order valence-corrected chi connectivity index (χ2v) is 8.32. The summed E-state index contributed by atoms with van der Waals surface area (Å²) in [5.41, 5.74) is 2.04. The Kier molecular flexibility index (Phi) is 6.07. The molecular formula is C27H24N2O7. The summed E-state index contributed by atoms with van der Waals surface area (Å²) < 4.78 is 15.7. The molecule has 0 bridgehead atoms. The molecule has 2 aliphatic heterocycles. The molecule has 0 aliphatic carbocycles. The van der Waals surface area contributed by atoms with E-state index in [1.165, 1.54) is 26.4 Å².